The van der Waals surface area contributed by atoms with Crippen LogP contribution in [0.3, 0.4) is 0 Å². The predicted molar refractivity (Wildman–Crippen MR) is 85.6 cm³/mol. The predicted octanol–water partition coefficient (Wildman–Crippen LogP) is 1.06. The van der Waals surface area contributed by atoms with Gasteiger partial charge >= 0.3 is 0 Å². The molecule has 116 valence electrons. The van der Waals surface area contributed by atoms with E-state index in [-0.39, 0.29) is 0 Å². The number of aromatic nitrogens is 5. The quantitative estimate of drug-likeness (QED) is 0.545. The van der Waals surface area contributed by atoms with Gasteiger partial charge < -0.3 is 11.1 Å². The highest BCUT2D eigenvalue weighted by Gasteiger charge is 2.12. The molecule has 0 unspecified atom stereocenters. The number of aryl methyl sites for hydroxylation is 3. The lowest BCUT2D eigenvalue weighted by molar-refractivity contribution is -0.696. The fourth-order valence-corrected chi connectivity index (χ4v) is 2.51. The summed E-state index contributed by atoms with van der Waals surface area (Å²) in [6.07, 6.45) is 8.86. The Morgan fingerprint density at radius 2 is 2.18 bits per heavy atom. The van der Waals surface area contributed by atoms with E-state index in [4.69, 9.17) is 5.73 Å². The number of fused-ring (bicyclic) bond motifs is 1. The SMILES string of the molecule is Cc1nc2c(N)cnn2c(NCCC[n+]2ccn(C)c2)c1C. The van der Waals surface area contributed by atoms with Crippen LogP contribution in [0.25, 0.3) is 5.65 Å². The highest BCUT2D eigenvalue weighted by molar-refractivity contribution is 5.68. The van der Waals surface area contributed by atoms with Crippen molar-refractivity contribution >= 4 is 17.2 Å². The van der Waals surface area contributed by atoms with Gasteiger partial charge in [-0.2, -0.15) is 9.61 Å². The fourth-order valence-electron chi connectivity index (χ4n) is 2.51. The third kappa shape index (κ3) is 2.61. The maximum absolute atomic E-state index is 5.92. The Morgan fingerprint density at radius 1 is 1.36 bits per heavy atom. The zero-order valence-electron chi connectivity index (χ0n) is 13.2. The van der Waals surface area contributed by atoms with Gasteiger partial charge in [0.2, 0.25) is 6.33 Å². The Labute approximate surface area is 129 Å². The Bertz CT molecular complexity index is 800. The summed E-state index contributed by atoms with van der Waals surface area (Å²) in [6, 6.07) is 0. The Kier molecular flexibility index (Phi) is 3.70. The Morgan fingerprint density at radius 3 is 2.91 bits per heavy atom. The summed E-state index contributed by atoms with van der Waals surface area (Å²) < 4.78 is 6.00. The maximum atomic E-state index is 5.92. The van der Waals surface area contributed by atoms with Crippen LogP contribution < -0.4 is 15.6 Å². The minimum Gasteiger partial charge on any atom is -0.394 e. The molecule has 0 aliphatic heterocycles. The van der Waals surface area contributed by atoms with Crippen LogP contribution in [0.5, 0.6) is 0 Å². The van der Waals surface area contributed by atoms with Crippen molar-refractivity contribution in [2.75, 3.05) is 17.6 Å². The van der Waals surface area contributed by atoms with E-state index in [0.29, 0.717) is 11.3 Å². The molecule has 3 rings (SSSR count). The van der Waals surface area contributed by atoms with Crippen molar-refractivity contribution < 1.29 is 4.57 Å². The molecular formula is C15H22N7+. The molecule has 3 aromatic rings. The second kappa shape index (κ2) is 5.67. The van der Waals surface area contributed by atoms with E-state index in [2.05, 4.69) is 32.5 Å². The number of hydrogen-bond acceptors (Lipinski definition) is 4. The second-order valence-electron chi connectivity index (χ2n) is 5.60. The van der Waals surface area contributed by atoms with E-state index in [1.54, 1.807) is 10.7 Å². The molecule has 3 N–H and O–H groups in total. The van der Waals surface area contributed by atoms with E-state index >= 15 is 0 Å². The summed E-state index contributed by atoms with van der Waals surface area (Å²) in [5.74, 6) is 0.970. The van der Waals surface area contributed by atoms with Gasteiger partial charge in [0.15, 0.2) is 5.65 Å². The standard InChI is InChI=1S/C15H22N7/c1-11-12(2)19-15-13(16)9-18-22(15)14(11)17-5-4-6-21-8-7-20(3)10-21/h7-10,17H,4-6,16H2,1-3H3/q+1. The molecule has 0 atom stereocenters. The molecule has 0 fully saturated rings. The largest absolute Gasteiger partial charge is 0.394 e. The molecule has 0 aromatic carbocycles. The lowest BCUT2D eigenvalue weighted by Crippen LogP contribution is -2.32. The number of anilines is 2. The molecule has 22 heavy (non-hydrogen) atoms. The Balaban J connectivity index is 1.72. The second-order valence-corrected chi connectivity index (χ2v) is 5.60. The lowest BCUT2D eigenvalue weighted by atomic mass is 10.2. The molecule has 0 aliphatic carbocycles. The molecule has 0 saturated heterocycles. The maximum Gasteiger partial charge on any atom is 0.243 e. The highest BCUT2D eigenvalue weighted by Crippen LogP contribution is 2.21. The van der Waals surface area contributed by atoms with Crippen molar-refractivity contribution in [2.45, 2.75) is 26.8 Å². The summed E-state index contributed by atoms with van der Waals surface area (Å²) in [5, 5.41) is 7.79. The van der Waals surface area contributed by atoms with E-state index in [1.165, 1.54) is 0 Å². The number of rotatable bonds is 5. The molecule has 3 heterocycles. The first-order chi connectivity index (χ1) is 10.6. The molecule has 0 bridgehead atoms. The normalized spacial score (nSPS) is 11.2. The number of nitrogen functional groups attached to an aromatic ring is 1. The topological polar surface area (TPSA) is 77.0 Å². The average Bonchev–Trinajstić information content (AvgIpc) is 3.06. The molecule has 7 nitrogen and oxygen atoms in total. The summed E-state index contributed by atoms with van der Waals surface area (Å²) >= 11 is 0. The van der Waals surface area contributed by atoms with Crippen molar-refractivity contribution in [1.29, 1.82) is 0 Å². The first kappa shape index (κ1) is 14.4. The monoisotopic (exact) mass is 300 g/mol. The third-order valence-electron chi connectivity index (χ3n) is 3.86. The van der Waals surface area contributed by atoms with Crippen LogP contribution in [-0.4, -0.2) is 25.7 Å². The van der Waals surface area contributed by atoms with Crippen LogP contribution in [0, 0.1) is 13.8 Å². The molecule has 0 saturated carbocycles. The van der Waals surface area contributed by atoms with Gasteiger partial charge in [0.25, 0.3) is 0 Å². The summed E-state index contributed by atoms with van der Waals surface area (Å²) in [7, 11) is 2.02. The van der Waals surface area contributed by atoms with Gasteiger partial charge in [0.1, 0.15) is 18.2 Å². The fraction of sp³-hybridized carbons (Fsp3) is 0.400. The molecule has 7 heteroatoms. The van der Waals surface area contributed by atoms with E-state index in [1.807, 2.05) is 31.7 Å². The zero-order valence-corrected chi connectivity index (χ0v) is 13.2. The molecular weight excluding hydrogens is 278 g/mol. The summed E-state index contributed by atoms with van der Waals surface area (Å²) in [5.41, 5.74) is 9.30. The van der Waals surface area contributed by atoms with E-state index in [0.717, 1.165) is 36.6 Å². The molecule has 0 radical (unpaired) electrons. The van der Waals surface area contributed by atoms with Crippen molar-refractivity contribution in [3.8, 4) is 0 Å². The van der Waals surface area contributed by atoms with Gasteiger partial charge in [-0.1, -0.05) is 0 Å². The van der Waals surface area contributed by atoms with Gasteiger partial charge in [-0.05, 0) is 13.8 Å². The number of hydrogen-bond donors (Lipinski definition) is 2. The van der Waals surface area contributed by atoms with Crippen molar-refractivity contribution in [2.24, 2.45) is 7.05 Å². The van der Waals surface area contributed by atoms with Gasteiger partial charge in [-0.3, -0.25) is 0 Å². The highest BCUT2D eigenvalue weighted by atomic mass is 15.3. The van der Waals surface area contributed by atoms with Crippen molar-refractivity contribution in [3.63, 3.8) is 0 Å². The first-order valence-electron chi connectivity index (χ1n) is 7.41. The van der Waals surface area contributed by atoms with Crippen molar-refractivity contribution in [1.82, 2.24) is 19.2 Å². The van der Waals surface area contributed by atoms with Gasteiger partial charge in [0.05, 0.1) is 25.5 Å². The van der Waals surface area contributed by atoms with Gasteiger partial charge in [0, 0.05) is 24.2 Å². The van der Waals surface area contributed by atoms with Crippen LogP contribution in [0.4, 0.5) is 11.5 Å². The van der Waals surface area contributed by atoms with E-state index < -0.39 is 0 Å². The Hall–Kier alpha value is -2.57. The molecule has 0 amide bonds. The third-order valence-corrected chi connectivity index (χ3v) is 3.86. The van der Waals surface area contributed by atoms with Crippen molar-refractivity contribution in [3.05, 3.63) is 36.2 Å². The van der Waals surface area contributed by atoms with Crippen LogP contribution in [0.15, 0.2) is 24.9 Å². The number of nitrogens with zero attached hydrogens (tertiary/aromatic N) is 5. The average molecular weight is 300 g/mol. The molecule has 3 aromatic heterocycles. The van der Waals surface area contributed by atoms with Crippen LogP contribution in [0.2, 0.25) is 0 Å². The van der Waals surface area contributed by atoms with Crippen LogP contribution in [0.1, 0.15) is 17.7 Å². The summed E-state index contributed by atoms with van der Waals surface area (Å²) in [4.78, 5) is 4.50. The number of nitrogens with two attached hydrogens (primary N) is 1. The van der Waals surface area contributed by atoms with Crippen LogP contribution >= 0.6 is 0 Å². The smallest absolute Gasteiger partial charge is 0.243 e. The molecule has 0 spiro atoms. The van der Waals surface area contributed by atoms with E-state index in [9.17, 15) is 0 Å². The number of nitrogens with one attached hydrogen (secondary N) is 1. The summed E-state index contributed by atoms with van der Waals surface area (Å²) in [6.45, 7) is 5.88. The van der Waals surface area contributed by atoms with Crippen LogP contribution in [-0.2, 0) is 13.6 Å². The van der Waals surface area contributed by atoms with Gasteiger partial charge in [-0.15, -0.1) is 0 Å². The first-order valence-corrected chi connectivity index (χ1v) is 7.41. The minimum absolute atomic E-state index is 0.603. The molecule has 0 aliphatic rings. The van der Waals surface area contributed by atoms with Gasteiger partial charge in [-0.25, -0.2) is 14.1 Å². The lowest BCUT2D eigenvalue weighted by Gasteiger charge is -2.12. The zero-order chi connectivity index (χ0) is 15.7. The number of imidazole rings is 1. The minimum atomic E-state index is 0.603.